The van der Waals surface area contributed by atoms with Crippen molar-refractivity contribution in [3.8, 4) is 0 Å². The molecule has 0 amide bonds. The van der Waals surface area contributed by atoms with Crippen LogP contribution in [0, 0.1) is 52.3 Å². The van der Waals surface area contributed by atoms with Gasteiger partial charge in [0.05, 0.1) is 45.2 Å². The van der Waals surface area contributed by atoms with Gasteiger partial charge in [-0.2, -0.15) is 0 Å². The molecule has 0 radical (unpaired) electrons. The van der Waals surface area contributed by atoms with Gasteiger partial charge >= 0.3 is 0 Å². The lowest BCUT2D eigenvalue weighted by atomic mass is 9.44. The van der Waals surface area contributed by atoms with Crippen LogP contribution in [0.25, 0.3) is 0 Å². The van der Waals surface area contributed by atoms with E-state index in [1.165, 1.54) is 0 Å². The summed E-state index contributed by atoms with van der Waals surface area (Å²) >= 11 is 0. The molecule has 21 heteroatoms. The minimum atomic E-state index is -1.87. The summed E-state index contributed by atoms with van der Waals surface area (Å²) in [6.45, 7) is 8.28. The van der Waals surface area contributed by atoms with E-state index in [0.29, 0.717) is 54.3 Å². The maximum Gasteiger partial charge on any atom is 0.187 e. The minimum Gasteiger partial charge on any atom is -0.394 e. The third kappa shape index (κ3) is 9.06. The molecule has 0 unspecified atom stereocenters. The van der Waals surface area contributed by atoms with Gasteiger partial charge in [-0.25, -0.2) is 0 Å². The van der Waals surface area contributed by atoms with Gasteiger partial charge in [-0.15, -0.1) is 0 Å². The molecule has 6 heterocycles. The summed E-state index contributed by atoms with van der Waals surface area (Å²) in [7, 11) is 0. The van der Waals surface area contributed by atoms with Crippen molar-refractivity contribution in [2.24, 2.45) is 52.3 Å². The monoisotopic (exact) mass is 1000 g/mol. The van der Waals surface area contributed by atoms with Crippen LogP contribution in [0.3, 0.4) is 0 Å². The molecule has 0 aromatic heterocycles. The van der Waals surface area contributed by atoms with E-state index in [2.05, 4.69) is 27.7 Å². The summed E-state index contributed by atoms with van der Waals surface area (Å²) < 4.78 is 62.0. The number of ether oxygens (including phenoxy) is 10. The zero-order valence-electron chi connectivity index (χ0n) is 40.7. The molecule has 10 aliphatic rings. The van der Waals surface area contributed by atoms with Gasteiger partial charge in [-0.05, 0) is 104 Å². The topological polar surface area (TPSA) is 315 Å². The van der Waals surface area contributed by atoms with E-state index in [1.54, 1.807) is 0 Å². The van der Waals surface area contributed by atoms with Crippen molar-refractivity contribution < 1.29 is 104 Å². The van der Waals surface area contributed by atoms with Crippen LogP contribution in [-0.2, 0) is 47.4 Å². The molecule has 0 bridgehead atoms. The second kappa shape index (κ2) is 20.3. The third-order valence-electron chi connectivity index (χ3n) is 19.6. The maximum absolute atomic E-state index is 12.4. The molecule has 6 saturated heterocycles. The smallest absolute Gasteiger partial charge is 0.187 e. The van der Waals surface area contributed by atoms with Crippen LogP contribution in [0.1, 0.15) is 91.9 Å². The fourth-order valence-electron chi connectivity index (χ4n) is 15.5. The molecule has 30 atom stereocenters. The van der Waals surface area contributed by atoms with Crippen molar-refractivity contribution in [3.63, 3.8) is 0 Å². The molecule has 4 aliphatic carbocycles. The molecule has 70 heavy (non-hydrogen) atoms. The molecule has 0 aromatic rings. The van der Waals surface area contributed by atoms with E-state index < -0.39 is 142 Å². The summed E-state index contributed by atoms with van der Waals surface area (Å²) in [4.78, 5) is 0. The molecule has 21 nitrogen and oxygen atoms in total. The average Bonchev–Trinajstić information content (AvgIpc) is 3.79. The Bertz CT molecular complexity index is 1770. The maximum atomic E-state index is 12.4. The average molecular weight is 1010 g/mol. The molecular weight excluding hydrogens is 925 g/mol. The lowest BCUT2D eigenvalue weighted by Gasteiger charge is -2.61. The van der Waals surface area contributed by atoms with E-state index in [-0.39, 0.29) is 23.5 Å². The summed E-state index contributed by atoms with van der Waals surface area (Å²) in [6, 6.07) is 0. The van der Waals surface area contributed by atoms with Crippen LogP contribution >= 0.6 is 0 Å². The molecule has 1 spiro atoms. The van der Waals surface area contributed by atoms with Gasteiger partial charge in [0, 0.05) is 12.3 Å². The van der Waals surface area contributed by atoms with E-state index >= 15 is 0 Å². The third-order valence-corrected chi connectivity index (χ3v) is 19.6. The predicted octanol–water partition coefficient (Wildman–Crippen LogP) is -1.63. The highest BCUT2D eigenvalue weighted by Gasteiger charge is 2.69. The normalized spacial score (nSPS) is 58.1. The quantitative estimate of drug-likeness (QED) is 0.110. The van der Waals surface area contributed by atoms with Gasteiger partial charge in [0.25, 0.3) is 0 Å². The van der Waals surface area contributed by atoms with E-state index in [9.17, 15) is 56.2 Å². The minimum absolute atomic E-state index is 0.0323. The van der Waals surface area contributed by atoms with Crippen molar-refractivity contribution in [1.82, 2.24) is 0 Å². The largest absolute Gasteiger partial charge is 0.394 e. The number of aliphatic hydroxyl groups excluding tert-OH is 11. The molecule has 10 rings (SSSR count). The molecular formula is C49H80O21. The van der Waals surface area contributed by atoms with Gasteiger partial charge in [-0.3, -0.25) is 0 Å². The Kier molecular flexibility index (Phi) is 15.2. The van der Waals surface area contributed by atoms with Gasteiger partial charge in [0.15, 0.2) is 30.9 Å². The molecule has 0 aromatic carbocycles. The number of hydrogen-bond donors (Lipinski definition) is 11. The highest BCUT2D eigenvalue weighted by molar-refractivity contribution is 5.15. The molecule has 10 fully saturated rings. The Hall–Kier alpha value is -0.840. The lowest BCUT2D eigenvalue weighted by molar-refractivity contribution is -0.391. The lowest BCUT2D eigenvalue weighted by Crippen LogP contribution is -2.67. The summed E-state index contributed by atoms with van der Waals surface area (Å²) in [5.74, 6) is 2.82. The Morgan fingerprint density at radius 1 is 0.557 bits per heavy atom. The first-order valence-electron chi connectivity index (χ1n) is 26.1. The fraction of sp³-hybridized carbons (Fsp3) is 1.00. The first kappa shape index (κ1) is 52.6. The van der Waals surface area contributed by atoms with Crippen molar-refractivity contribution in [2.45, 2.75) is 221 Å². The highest BCUT2D eigenvalue weighted by Crippen LogP contribution is 2.71. The first-order valence-corrected chi connectivity index (χ1v) is 26.1. The van der Waals surface area contributed by atoms with E-state index in [4.69, 9.17) is 47.4 Å². The van der Waals surface area contributed by atoms with Crippen LogP contribution in [0.15, 0.2) is 0 Å². The zero-order chi connectivity index (χ0) is 49.8. The van der Waals surface area contributed by atoms with Crippen LogP contribution in [-0.4, -0.2) is 218 Å². The molecule has 402 valence electrons. The summed E-state index contributed by atoms with van der Waals surface area (Å²) in [5.41, 5.74) is 0.205. The van der Waals surface area contributed by atoms with Crippen molar-refractivity contribution >= 4 is 0 Å². The van der Waals surface area contributed by atoms with Crippen LogP contribution in [0.2, 0.25) is 0 Å². The fourth-order valence-corrected chi connectivity index (χ4v) is 15.5. The first-order chi connectivity index (χ1) is 33.3. The van der Waals surface area contributed by atoms with Gasteiger partial charge in [0.2, 0.25) is 0 Å². The predicted molar refractivity (Wildman–Crippen MR) is 236 cm³/mol. The zero-order valence-corrected chi connectivity index (χ0v) is 40.7. The van der Waals surface area contributed by atoms with Crippen molar-refractivity contribution in [3.05, 3.63) is 0 Å². The molecule has 11 N–H and O–H groups in total. The van der Waals surface area contributed by atoms with Crippen LogP contribution in [0.4, 0.5) is 0 Å². The van der Waals surface area contributed by atoms with E-state index in [1.807, 2.05) is 0 Å². The van der Waals surface area contributed by atoms with Gasteiger partial charge in [0.1, 0.15) is 85.5 Å². The second-order valence-electron chi connectivity index (χ2n) is 23.5. The van der Waals surface area contributed by atoms with E-state index in [0.717, 1.165) is 58.0 Å². The number of fused-ring (bicyclic) bond motifs is 7. The molecule has 6 aliphatic heterocycles. The van der Waals surface area contributed by atoms with Gasteiger partial charge in [-0.1, -0.05) is 27.7 Å². The van der Waals surface area contributed by atoms with Crippen LogP contribution < -0.4 is 0 Å². The second-order valence-corrected chi connectivity index (χ2v) is 23.5. The Labute approximate surface area is 408 Å². The number of hydrogen-bond acceptors (Lipinski definition) is 21. The van der Waals surface area contributed by atoms with Crippen molar-refractivity contribution in [1.29, 1.82) is 0 Å². The van der Waals surface area contributed by atoms with Gasteiger partial charge < -0.3 is 104 Å². The Balaban J connectivity index is 0.877. The number of rotatable bonds is 10. The standard InChI is InChI=1S/C49H80O21/c1-20-7-12-49(64-16-20)21(2)32-29(70-49)14-26-24-6-5-22-13-23(8-10-47(22,3)25(24)9-11-48(26,32)4)65-46-42(69-45-39(59)36(56)35(55)30(15-50)66-45)40(60)41(68-44-38(58)34(54)28(52)18-62-44)31(67-46)19-63-43-37(57)33(53)27(51)17-61-43/h20-46,50-60H,5-19H2,1-4H3/t20-,21-,22+,23-,24+,25-,26-,27-,28-,29-,30-,31+,32-,33-,34-,35-,36+,37+,38+,39-,40-,41+,42+,43-,44-,45+,46+,47-,48-,49+/m0/s1. The molecule has 4 saturated carbocycles. The van der Waals surface area contributed by atoms with Crippen LogP contribution in [0.5, 0.6) is 0 Å². The number of aliphatic hydroxyl groups is 11. The highest BCUT2D eigenvalue weighted by atomic mass is 16.8. The van der Waals surface area contributed by atoms with Crippen molar-refractivity contribution in [2.75, 3.05) is 33.0 Å². The Morgan fingerprint density at radius 2 is 1.21 bits per heavy atom. The summed E-state index contributed by atoms with van der Waals surface area (Å²) in [6.07, 6.45) is -19.6. The Morgan fingerprint density at radius 3 is 1.91 bits per heavy atom. The summed E-state index contributed by atoms with van der Waals surface area (Å²) in [5, 5.41) is 118. The SMILES string of the molecule is C[C@H]1CC[C@@]2(OC1)O[C@H]1C[C@H]3[C@@H]4CC[C@@H]5C[C@@H](O[C@@H]6O[C@H](CO[C@@H]7OC[C@H](O)[C@H](O)[C@H]7O)[C@@H](O[C@@H]7OC[C@H](O)[C@H](O)[C@H]7O)[C@H](O)[C@H]6O[C@H]6O[C@@H](CO)[C@H](O)[C@@H](O)[C@@H]6O)CC[C@]5(C)[C@H]4CC[C@]3(C)[C@H]1[C@@H]2C.